The lowest BCUT2D eigenvalue weighted by atomic mass is 9.69. The Kier molecular flexibility index (Phi) is 2.61. The molecule has 1 aliphatic heterocycles. The molecule has 0 radical (unpaired) electrons. The fourth-order valence-electron chi connectivity index (χ4n) is 2.86. The fourth-order valence-corrected chi connectivity index (χ4v) is 2.86. The van der Waals surface area contributed by atoms with Crippen molar-refractivity contribution in [3.63, 3.8) is 0 Å². The second-order valence-corrected chi connectivity index (χ2v) is 4.92. The first-order chi connectivity index (χ1) is 6.23. The van der Waals surface area contributed by atoms with Crippen molar-refractivity contribution in [3.8, 4) is 0 Å². The van der Waals surface area contributed by atoms with Crippen LogP contribution in [0.25, 0.3) is 0 Å². The quantitative estimate of drug-likeness (QED) is 0.618. The Morgan fingerprint density at radius 3 is 2.85 bits per heavy atom. The highest BCUT2D eigenvalue weighted by atomic mass is 16.5. The summed E-state index contributed by atoms with van der Waals surface area (Å²) in [5.41, 5.74) is 0.315. The lowest BCUT2D eigenvalue weighted by Gasteiger charge is -2.47. The second kappa shape index (κ2) is 3.58. The third-order valence-corrected chi connectivity index (χ3v) is 3.83. The minimum absolute atomic E-state index is 0.315. The normalized spacial score (nSPS) is 46.6. The van der Waals surface area contributed by atoms with E-state index in [2.05, 4.69) is 19.2 Å². The molecule has 0 aromatic heterocycles. The van der Waals surface area contributed by atoms with Crippen LogP contribution in [0.2, 0.25) is 0 Å². The first-order valence-electron chi connectivity index (χ1n) is 5.56. The molecule has 0 amide bonds. The zero-order valence-electron chi connectivity index (χ0n) is 8.81. The molecular formula is C11H21NO. The third-order valence-electron chi connectivity index (χ3n) is 3.83. The Morgan fingerprint density at radius 1 is 1.31 bits per heavy atom. The van der Waals surface area contributed by atoms with E-state index in [4.69, 9.17) is 4.74 Å². The molecule has 2 heteroatoms. The summed E-state index contributed by atoms with van der Waals surface area (Å²) in [6.45, 7) is 7.59. The zero-order chi connectivity index (χ0) is 9.31. The van der Waals surface area contributed by atoms with E-state index in [1.54, 1.807) is 0 Å². The highest BCUT2D eigenvalue weighted by molar-refractivity contribution is 4.98. The van der Waals surface area contributed by atoms with Gasteiger partial charge in [0, 0.05) is 12.1 Å². The van der Waals surface area contributed by atoms with Crippen molar-refractivity contribution in [1.29, 1.82) is 0 Å². The molecule has 13 heavy (non-hydrogen) atoms. The van der Waals surface area contributed by atoms with E-state index in [0.717, 1.165) is 31.6 Å². The van der Waals surface area contributed by atoms with Gasteiger partial charge in [0.05, 0.1) is 13.2 Å². The van der Waals surface area contributed by atoms with Crippen LogP contribution in [0.15, 0.2) is 0 Å². The Balaban J connectivity index is 2.07. The third kappa shape index (κ3) is 1.75. The maximum atomic E-state index is 5.62. The highest BCUT2D eigenvalue weighted by Gasteiger charge is 2.41. The van der Waals surface area contributed by atoms with Crippen LogP contribution in [0.4, 0.5) is 0 Å². The summed E-state index contributed by atoms with van der Waals surface area (Å²) in [7, 11) is 0. The molecule has 0 bridgehead atoms. The van der Waals surface area contributed by atoms with Gasteiger partial charge in [-0.05, 0) is 24.7 Å². The molecule has 2 rings (SSSR count). The Hall–Kier alpha value is -0.0800. The summed E-state index contributed by atoms with van der Waals surface area (Å²) in [5, 5.41) is 3.69. The minimum Gasteiger partial charge on any atom is -0.378 e. The Labute approximate surface area is 81.0 Å². The standard InChI is InChI=1S/C11H21NO/c1-9-3-4-10(2)11(7-9)8-13-6-5-12-11/h9-10,12H,3-8H2,1-2H3. The van der Waals surface area contributed by atoms with E-state index in [1.807, 2.05) is 0 Å². The van der Waals surface area contributed by atoms with Crippen molar-refractivity contribution in [1.82, 2.24) is 5.32 Å². The van der Waals surface area contributed by atoms with Gasteiger partial charge < -0.3 is 10.1 Å². The molecule has 1 spiro atoms. The van der Waals surface area contributed by atoms with E-state index in [0.29, 0.717) is 5.54 Å². The summed E-state index contributed by atoms with van der Waals surface area (Å²) < 4.78 is 5.62. The van der Waals surface area contributed by atoms with Crippen LogP contribution in [0.1, 0.15) is 33.1 Å². The van der Waals surface area contributed by atoms with Gasteiger partial charge in [-0.3, -0.25) is 0 Å². The number of rotatable bonds is 0. The van der Waals surface area contributed by atoms with Gasteiger partial charge >= 0.3 is 0 Å². The fraction of sp³-hybridized carbons (Fsp3) is 1.00. The van der Waals surface area contributed by atoms with Crippen molar-refractivity contribution >= 4 is 0 Å². The van der Waals surface area contributed by atoms with E-state index in [-0.39, 0.29) is 0 Å². The monoisotopic (exact) mass is 183 g/mol. The predicted molar refractivity (Wildman–Crippen MR) is 53.7 cm³/mol. The smallest absolute Gasteiger partial charge is 0.0651 e. The van der Waals surface area contributed by atoms with Crippen molar-refractivity contribution < 1.29 is 4.74 Å². The van der Waals surface area contributed by atoms with Crippen LogP contribution in [0, 0.1) is 11.8 Å². The van der Waals surface area contributed by atoms with Gasteiger partial charge in [0.25, 0.3) is 0 Å². The topological polar surface area (TPSA) is 21.3 Å². The summed E-state index contributed by atoms with van der Waals surface area (Å²) in [4.78, 5) is 0. The SMILES string of the molecule is CC1CCC(C)C2(COCCN2)C1. The van der Waals surface area contributed by atoms with Crippen LogP contribution in [0.5, 0.6) is 0 Å². The molecule has 1 saturated carbocycles. The lowest BCUT2D eigenvalue weighted by Crippen LogP contribution is -2.60. The molecule has 0 aromatic rings. The molecule has 1 N–H and O–H groups in total. The number of hydrogen-bond donors (Lipinski definition) is 1. The van der Waals surface area contributed by atoms with Crippen LogP contribution in [-0.2, 0) is 4.74 Å². The van der Waals surface area contributed by atoms with Crippen LogP contribution in [-0.4, -0.2) is 25.3 Å². The molecule has 1 saturated heterocycles. The number of ether oxygens (including phenoxy) is 1. The molecule has 2 aliphatic rings. The Bertz CT molecular complexity index is 175. The van der Waals surface area contributed by atoms with E-state index in [9.17, 15) is 0 Å². The van der Waals surface area contributed by atoms with Crippen LogP contribution < -0.4 is 5.32 Å². The van der Waals surface area contributed by atoms with Gasteiger partial charge in [0.1, 0.15) is 0 Å². The number of nitrogens with one attached hydrogen (secondary N) is 1. The zero-order valence-corrected chi connectivity index (χ0v) is 8.81. The molecule has 2 fully saturated rings. The molecule has 76 valence electrons. The molecule has 1 aliphatic carbocycles. The average Bonchev–Trinajstić information content (AvgIpc) is 2.14. The van der Waals surface area contributed by atoms with Gasteiger partial charge in [-0.15, -0.1) is 0 Å². The molecule has 0 aromatic carbocycles. The van der Waals surface area contributed by atoms with E-state index >= 15 is 0 Å². The van der Waals surface area contributed by atoms with Crippen molar-refractivity contribution in [2.24, 2.45) is 11.8 Å². The first kappa shape index (κ1) is 9.47. The number of morpholine rings is 1. The van der Waals surface area contributed by atoms with Gasteiger partial charge in [0.2, 0.25) is 0 Å². The molecule has 3 atom stereocenters. The van der Waals surface area contributed by atoms with Gasteiger partial charge in [-0.25, -0.2) is 0 Å². The first-order valence-corrected chi connectivity index (χ1v) is 5.56. The van der Waals surface area contributed by atoms with Crippen molar-refractivity contribution in [3.05, 3.63) is 0 Å². The minimum atomic E-state index is 0.315. The molecule has 3 unspecified atom stereocenters. The summed E-state index contributed by atoms with van der Waals surface area (Å²) in [5.74, 6) is 1.65. The largest absolute Gasteiger partial charge is 0.378 e. The average molecular weight is 183 g/mol. The lowest BCUT2D eigenvalue weighted by molar-refractivity contribution is -0.0267. The molecular weight excluding hydrogens is 162 g/mol. The van der Waals surface area contributed by atoms with Crippen LogP contribution >= 0.6 is 0 Å². The van der Waals surface area contributed by atoms with Gasteiger partial charge in [0.15, 0.2) is 0 Å². The van der Waals surface area contributed by atoms with Crippen molar-refractivity contribution in [2.45, 2.75) is 38.6 Å². The highest BCUT2D eigenvalue weighted by Crippen LogP contribution is 2.37. The molecule has 1 heterocycles. The van der Waals surface area contributed by atoms with Gasteiger partial charge in [-0.2, -0.15) is 0 Å². The van der Waals surface area contributed by atoms with Crippen molar-refractivity contribution in [2.75, 3.05) is 19.8 Å². The maximum absolute atomic E-state index is 5.62. The van der Waals surface area contributed by atoms with Gasteiger partial charge in [-0.1, -0.05) is 20.3 Å². The van der Waals surface area contributed by atoms with Crippen LogP contribution in [0.3, 0.4) is 0 Å². The van der Waals surface area contributed by atoms with E-state index < -0.39 is 0 Å². The molecule has 2 nitrogen and oxygen atoms in total. The summed E-state index contributed by atoms with van der Waals surface area (Å²) >= 11 is 0. The maximum Gasteiger partial charge on any atom is 0.0651 e. The summed E-state index contributed by atoms with van der Waals surface area (Å²) in [6, 6.07) is 0. The van der Waals surface area contributed by atoms with E-state index in [1.165, 1.54) is 19.3 Å². The second-order valence-electron chi connectivity index (χ2n) is 4.92. The predicted octanol–water partition coefficient (Wildman–Crippen LogP) is 1.80. The Morgan fingerprint density at radius 2 is 2.15 bits per heavy atom. The summed E-state index contributed by atoms with van der Waals surface area (Å²) in [6.07, 6.45) is 4.05. The number of hydrogen-bond acceptors (Lipinski definition) is 2.